The summed E-state index contributed by atoms with van der Waals surface area (Å²) in [4.78, 5) is 0. The molecule has 0 fully saturated rings. The first-order valence-electron chi connectivity index (χ1n) is 18.0. The molecule has 0 aliphatic heterocycles. The number of para-hydroxylation sites is 1. The van der Waals surface area contributed by atoms with Crippen molar-refractivity contribution in [2.45, 2.75) is 0 Å². The van der Waals surface area contributed by atoms with Gasteiger partial charge in [0.2, 0.25) is 0 Å². The van der Waals surface area contributed by atoms with Crippen LogP contribution in [0.3, 0.4) is 0 Å². The van der Waals surface area contributed by atoms with Crippen molar-refractivity contribution < 1.29 is 13.3 Å². The van der Waals surface area contributed by atoms with Crippen LogP contribution in [0.15, 0.2) is 183 Å². The maximum atomic E-state index is 6.81. The van der Waals surface area contributed by atoms with Crippen LogP contribution in [-0.2, 0) is 0 Å². The van der Waals surface area contributed by atoms with E-state index in [0.717, 1.165) is 98.6 Å². The Bertz CT molecular complexity index is 3390. The summed E-state index contributed by atoms with van der Waals surface area (Å²) >= 11 is 0. The van der Waals surface area contributed by atoms with Gasteiger partial charge in [0.1, 0.15) is 27.9 Å². The lowest BCUT2D eigenvalue weighted by Crippen LogP contribution is -1.92. The third-order valence-corrected chi connectivity index (χ3v) is 11.1. The van der Waals surface area contributed by atoms with Crippen molar-refractivity contribution in [3.05, 3.63) is 170 Å². The summed E-state index contributed by atoms with van der Waals surface area (Å²) < 4.78 is 19.9. The van der Waals surface area contributed by atoms with E-state index in [9.17, 15) is 0 Å². The number of benzene rings is 9. The average Bonchev–Trinajstić information content (AvgIpc) is 3.94. The third-order valence-electron chi connectivity index (χ3n) is 11.1. The summed E-state index contributed by atoms with van der Waals surface area (Å²) in [5.41, 5.74) is 11.0. The van der Waals surface area contributed by atoms with Crippen molar-refractivity contribution in [3.8, 4) is 33.4 Å². The zero-order valence-electron chi connectivity index (χ0n) is 28.4. The second-order valence-electron chi connectivity index (χ2n) is 13.9. The summed E-state index contributed by atoms with van der Waals surface area (Å²) in [5, 5.41) is 12.4. The first kappa shape index (κ1) is 28.6. The molecular weight excluding hydrogens is 649 g/mol. The largest absolute Gasteiger partial charge is 0.463 e. The Hall–Kier alpha value is -7.10. The Balaban J connectivity index is 1.22. The molecule has 0 bridgehead atoms. The predicted molar refractivity (Wildman–Crippen MR) is 220 cm³/mol. The van der Waals surface area contributed by atoms with E-state index < -0.39 is 0 Å². The van der Waals surface area contributed by atoms with Crippen LogP contribution in [0.5, 0.6) is 0 Å². The van der Waals surface area contributed by atoms with E-state index >= 15 is 0 Å². The van der Waals surface area contributed by atoms with Crippen molar-refractivity contribution >= 4 is 87.2 Å². The van der Waals surface area contributed by atoms with Crippen molar-refractivity contribution in [2.24, 2.45) is 0 Å². The van der Waals surface area contributed by atoms with Gasteiger partial charge in [-0.15, -0.1) is 0 Å². The van der Waals surface area contributed by atoms with Crippen LogP contribution in [0.2, 0.25) is 0 Å². The van der Waals surface area contributed by atoms with Gasteiger partial charge in [0.15, 0.2) is 0 Å². The number of fused-ring (bicyclic) bond motifs is 12. The minimum absolute atomic E-state index is 0.808. The summed E-state index contributed by atoms with van der Waals surface area (Å²) in [6.07, 6.45) is 1.88. The molecule has 0 N–H and O–H groups in total. The molecule has 0 saturated carbocycles. The van der Waals surface area contributed by atoms with Crippen LogP contribution in [0.4, 0.5) is 0 Å². The molecule has 3 heteroatoms. The van der Waals surface area contributed by atoms with Gasteiger partial charge in [0.25, 0.3) is 0 Å². The molecule has 3 nitrogen and oxygen atoms in total. The standard InChI is InChI=1S/C50H28O3/c1-2-13-29(14-3-1)40-28-51-49-36(40)25-26-43-48(49)47-38(22-12-24-42(47)52-43)44-32-17-6-8-19-34(32)45(35-20-9-7-18-33(35)44)39-27-30-15-4-5-16-31(30)46-37-21-10-11-23-41(37)53-50(39)46/h1-28H. The molecule has 53 heavy (non-hydrogen) atoms. The summed E-state index contributed by atoms with van der Waals surface area (Å²) in [5.74, 6) is 0. The molecule has 0 saturated heterocycles. The van der Waals surface area contributed by atoms with Gasteiger partial charge in [-0.25, -0.2) is 0 Å². The highest BCUT2D eigenvalue weighted by molar-refractivity contribution is 6.31. The van der Waals surface area contributed by atoms with E-state index in [1.807, 2.05) is 18.4 Å². The van der Waals surface area contributed by atoms with E-state index in [0.29, 0.717) is 0 Å². The Morgan fingerprint density at radius 1 is 0.321 bits per heavy atom. The number of furan rings is 3. The molecule has 246 valence electrons. The van der Waals surface area contributed by atoms with Crippen LogP contribution in [0, 0.1) is 0 Å². The molecule has 0 amide bonds. The van der Waals surface area contributed by atoms with Crippen molar-refractivity contribution in [1.29, 1.82) is 0 Å². The average molecular weight is 677 g/mol. The van der Waals surface area contributed by atoms with Crippen LogP contribution in [0.25, 0.3) is 121 Å². The van der Waals surface area contributed by atoms with Crippen LogP contribution >= 0.6 is 0 Å². The lowest BCUT2D eigenvalue weighted by Gasteiger charge is -2.19. The first-order valence-corrected chi connectivity index (χ1v) is 18.0. The lowest BCUT2D eigenvalue weighted by atomic mass is 9.84. The van der Waals surface area contributed by atoms with Gasteiger partial charge in [0.05, 0.1) is 11.6 Å². The molecule has 9 aromatic carbocycles. The maximum Gasteiger partial charge on any atom is 0.146 e. The fraction of sp³-hybridized carbons (Fsp3) is 0. The predicted octanol–water partition coefficient (Wildman–Crippen LogP) is 14.7. The molecule has 0 aliphatic carbocycles. The van der Waals surface area contributed by atoms with Gasteiger partial charge in [-0.2, -0.15) is 0 Å². The Morgan fingerprint density at radius 2 is 0.925 bits per heavy atom. The molecule has 0 aliphatic rings. The van der Waals surface area contributed by atoms with Gasteiger partial charge in [-0.05, 0) is 79.3 Å². The molecule has 12 rings (SSSR count). The quantitative estimate of drug-likeness (QED) is 0.175. The third kappa shape index (κ3) is 3.94. The minimum atomic E-state index is 0.808. The summed E-state index contributed by atoms with van der Waals surface area (Å²) in [6.45, 7) is 0. The highest BCUT2D eigenvalue weighted by Gasteiger charge is 2.25. The monoisotopic (exact) mass is 676 g/mol. The number of hydrogen-bond donors (Lipinski definition) is 0. The summed E-state index contributed by atoms with van der Waals surface area (Å²) in [6, 6.07) is 58.0. The van der Waals surface area contributed by atoms with Gasteiger partial charge < -0.3 is 13.3 Å². The second-order valence-corrected chi connectivity index (χ2v) is 13.9. The smallest absolute Gasteiger partial charge is 0.146 e. The highest BCUT2D eigenvalue weighted by Crippen LogP contribution is 2.50. The highest BCUT2D eigenvalue weighted by atomic mass is 16.3. The maximum absolute atomic E-state index is 6.81. The normalized spacial score (nSPS) is 12.2. The molecule has 3 aromatic heterocycles. The Kier molecular flexibility index (Phi) is 5.77. The van der Waals surface area contributed by atoms with Crippen molar-refractivity contribution in [1.82, 2.24) is 0 Å². The molecule has 12 aromatic rings. The van der Waals surface area contributed by atoms with Crippen LogP contribution in [0.1, 0.15) is 0 Å². The SMILES string of the molecule is c1ccc(-c2coc3c2ccc2oc4cccc(-c5c6ccccc6c(-c6cc7ccccc7c7c6oc6ccccc67)c6ccccc56)c4c23)cc1. The zero-order valence-corrected chi connectivity index (χ0v) is 28.4. The van der Waals surface area contributed by atoms with Gasteiger partial charge in [-0.1, -0.05) is 133 Å². The number of rotatable bonds is 3. The zero-order chi connectivity index (χ0) is 34.6. The molecule has 3 heterocycles. The second kappa shape index (κ2) is 10.7. The fourth-order valence-corrected chi connectivity index (χ4v) is 8.91. The summed E-state index contributed by atoms with van der Waals surface area (Å²) in [7, 11) is 0. The number of hydrogen-bond acceptors (Lipinski definition) is 3. The van der Waals surface area contributed by atoms with E-state index in [2.05, 4.69) is 152 Å². The van der Waals surface area contributed by atoms with Crippen molar-refractivity contribution in [2.75, 3.05) is 0 Å². The molecule has 0 unspecified atom stereocenters. The van der Waals surface area contributed by atoms with E-state index in [4.69, 9.17) is 13.3 Å². The Labute approximate surface area is 302 Å². The fourth-order valence-electron chi connectivity index (χ4n) is 8.91. The molecule has 0 atom stereocenters. The first-order chi connectivity index (χ1) is 26.3. The van der Waals surface area contributed by atoms with Crippen LogP contribution < -0.4 is 0 Å². The molecule has 0 radical (unpaired) electrons. The minimum Gasteiger partial charge on any atom is -0.463 e. The van der Waals surface area contributed by atoms with E-state index in [1.165, 1.54) is 21.9 Å². The topological polar surface area (TPSA) is 39.4 Å². The van der Waals surface area contributed by atoms with Gasteiger partial charge in [0, 0.05) is 38.2 Å². The van der Waals surface area contributed by atoms with Crippen molar-refractivity contribution in [3.63, 3.8) is 0 Å². The van der Waals surface area contributed by atoms with Crippen LogP contribution in [-0.4, -0.2) is 0 Å². The van der Waals surface area contributed by atoms with E-state index in [-0.39, 0.29) is 0 Å². The van der Waals surface area contributed by atoms with Gasteiger partial charge in [-0.3, -0.25) is 0 Å². The molecule has 0 spiro atoms. The van der Waals surface area contributed by atoms with E-state index in [1.54, 1.807) is 0 Å². The molecular formula is C50H28O3. The van der Waals surface area contributed by atoms with Gasteiger partial charge >= 0.3 is 0 Å². The lowest BCUT2D eigenvalue weighted by molar-refractivity contribution is 0.619. The Morgan fingerprint density at radius 3 is 1.68 bits per heavy atom.